The third kappa shape index (κ3) is 1.96. The lowest BCUT2D eigenvalue weighted by atomic mass is 9.42. The number of hydrogen-bond donors (Lipinski definition) is 5. The highest BCUT2D eigenvalue weighted by Gasteiger charge is 2.80. The van der Waals surface area contributed by atoms with Gasteiger partial charge in [0.05, 0.1) is 17.6 Å². The summed E-state index contributed by atoms with van der Waals surface area (Å²) < 4.78 is 0. The van der Waals surface area contributed by atoms with Gasteiger partial charge in [-0.1, -0.05) is 25.5 Å². The number of aliphatic hydroxyl groups is 5. The zero-order valence-corrected chi connectivity index (χ0v) is 16.4. The van der Waals surface area contributed by atoms with Crippen LogP contribution < -0.4 is 0 Å². The van der Waals surface area contributed by atoms with E-state index in [1.165, 1.54) is 6.92 Å². The van der Waals surface area contributed by atoms with E-state index in [1.807, 2.05) is 13.0 Å². The summed E-state index contributed by atoms with van der Waals surface area (Å²) in [6.07, 6.45) is 2.73. The van der Waals surface area contributed by atoms with Crippen molar-refractivity contribution in [3.05, 3.63) is 11.6 Å². The molecule has 3 saturated carbocycles. The van der Waals surface area contributed by atoms with Gasteiger partial charge in [-0.2, -0.15) is 0 Å². The fourth-order valence-corrected chi connectivity index (χ4v) is 7.23. The quantitative estimate of drug-likeness (QED) is 0.430. The maximum Gasteiger partial charge on any atom is 0.162 e. The van der Waals surface area contributed by atoms with Gasteiger partial charge in [-0.05, 0) is 57.3 Å². The topological polar surface area (TPSA) is 118 Å². The number of fused-ring (bicyclic) bond motifs is 5. The Labute approximate surface area is 159 Å². The van der Waals surface area contributed by atoms with E-state index in [4.69, 9.17) is 0 Å². The van der Waals surface area contributed by atoms with Crippen LogP contribution in [0.4, 0.5) is 0 Å². The first-order valence-corrected chi connectivity index (χ1v) is 10.1. The average molecular weight is 380 g/mol. The van der Waals surface area contributed by atoms with Crippen LogP contribution in [-0.2, 0) is 4.79 Å². The third-order valence-electron chi connectivity index (χ3n) is 9.18. The summed E-state index contributed by atoms with van der Waals surface area (Å²) >= 11 is 0. The standard InChI is InChI=1S/C21H32O6/c1-12(22)19(25)8-9-21(27)18(19,3)16(24)11-15-17(2)6-5-14(23)10-13(17)4-7-20(15,21)26/h4,14-16,23-27H,5-11H2,1-3H3/t14-,15+,16+,17-,18+,19+,20-,21+/m1/s1. The van der Waals surface area contributed by atoms with Crippen molar-refractivity contribution in [3.63, 3.8) is 0 Å². The first kappa shape index (κ1) is 19.5. The Morgan fingerprint density at radius 3 is 2.41 bits per heavy atom. The molecule has 6 heteroatoms. The van der Waals surface area contributed by atoms with Crippen LogP contribution in [0.25, 0.3) is 0 Å². The van der Waals surface area contributed by atoms with Gasteiger partial charge in [-0.3, -0.25) is 4.79 Å². The summed E-state index contributed by atoms with van der Waals surface area (Å²) in [7, 11) is 0. The molecular weight excluding hydrogens is 348 g/mol. The fourth-order valence-electron chi connectivity index (χ4n) is 7.23. The van der Waals surface area contributed by atoms with Gasteiger partial charge in [-0.25, -0.2) is 0 Å². The molecule has 0 heterocycles. The zero-order valence-electron chi connectivity index (χ0n) is 16.4. The molecule has 0 spiro atoms. The molecule has 6 nitrogen and oxygen atoms in total. The summed E-state index contributed by atoms with van der Waals surface area (Å²) in [5.74, 6) is -0.888. The lowest BCUT2D eigenvalue weighted by Crippen LogP contribution is -2.78. The Bertz CT molecular complexity index is 719. The number of rotatable bonds is 1. The van der Waals surface area contributed by atoms with E-state index in [-0.39, 0.29) is 25.7 Å². The first-order valence-electron chi connectivity index (χ1n) is 10.1. The predicted octanol–water partition coefficient (Wildman–Crippen LogP) is 0.831. The second kappa shape index (κ2) is 5.42. The normalized spacial score (nSPS) is 57.3. The number of ketones is 1. The summed E-state index contributed by atoms with van der Waals surface area (Å²) in [4.78, 5) is 12.3. The van der Waals surface area contributed by atoms with E-state index in [2.05, 4.69) is 0 Å². The Morgan fingerprint density at radius 2 is 1.78 bits per heavy atom. The second-order valence-electron chi connectivity index (χ2n) is 9.96. The molecule has 0 aliphatic heterocycles. The molecule has 4 aliphatic rings. The minimum atomic E-state index is -1.87. The van der Waals surface area contributed by atoms with Crippen LogP contribution in [0.5, 0.6) is 0 Å². The molecule has 4 rings (SSSR count). The minimum Gasteiger partial charge on any atom is -0.393 e. The molecule has 4 aliphatic carbocycles. The van der Waals surface area contributed by atoms with Gasteiger partial charge in [0.2, 0.25) is 0 Å². The van der Waals surface area contributed by atoms with Crippen LogP contribution in [0.2, 0.25) is 0 Å². The predicted molar refractivity (Wildman–Crippen MR) is 97.7 cm³/mol. The number of aliphatic hydroxyl groups excluding tert-OH is 2. The molecule has 0 amide bonds. The zero-order chi connectivity index (χ0) is 20.0. The lowest BCUT2D eigenvalue weighted by molar-refractivity contribution is -0.312. The molecule has 0 bridgehead atoms. The molecule has 0 aromatic heterocycles. The van der Waals surface area contributed by atoms with Gasteiger partial charge >= 0.3 is 0 Å². The molecule has 3 fully saturated rings. The van der Waals surface area contributed by atoms with Crippen LogP contribution in [0.1, 0.15) is 65.7 Å². The molecule has 5 N–H and O–H groups in total. The highest BCUT2D eigenvalue weighted by molar-refractivity contribution is 5.87. The summed E-state index contributed by atoms with van der Waals surface area (Å²) in [6.45, 7) is 4.87. The highest BCUT2D eigenvalue weighted by atomic mass is 16.4. The smallest absolute Gasteiger partial charge is 0.162 e. The van der Waals surface area contributed by atoms with Crippen LogP contribution >= 0.6 is 0 Å². The molecular formula is C21H32O6. The molecule has 0 aromatic rings. The lowest BCUT2D eigenvalue weighted by Gasteiger charge is -2.66. The van der Waals surface area contributed by atoms with E-state index >= 15 is 0 Å². The Kier molecular flexibility index (Phi) is 3.92. The van der Waals surface area contributed by atoms with E-state index in [1.54, 1.807) is 6.92 Å². The molecule has 0 saturated heterocycles. The van der Waals surface area contributed by atoms with E-state index in [0.717, 1.165) is 5.57 Å². The van der Waals surface area contributed by atoms with Gasteiger partial charge in [-0.15, -0.1) is 0 Å². The number of Topliss-reactive ketones (excluding diaryl/α,β-unsaturated/α-hetero) is 1. The Hall–Kier alpha value is -0.790. The molecule has 27 heavy (non-hydrogen) atoms. The van der Waals surface area contributed by atoms with Crippen molar-refractivity contribution in [2.24, 2.45) is 16.7 Å². The summed E-state index contributed by atoms with van der Waals surface area (Å²) in [5, 5.41) is 56.1. The maximum absolute atomic E-state index is 12.3. The summed E-state index contributed by atoms with van der Waals surface area (Å²) in [6, 6.07) is 0. The highest BCUT2D eigenvalue weighted by Crippen LogP contribution is 2.70. The van der Waals surface area contributed by atoms with Crippen molar-refractivity contribution in [1.82, 2.24) is 0 Å². The SMILES string of the molecule is CC(=O)[C@@]1(O)CC[C@]2(O)[C@@]1(C)[C@@H](O)C[C@@H]1[C@]2(O)CC=C2C[C@H](O)CC[C@]21C. The second-order valence-corrected chi connectivity index (χ2v) is 9.96. The van der Waals surface area contributed by atoms with E-state index < -0.39 is 51.5 Å². The average Bonchev–Trinajstić information content (AvgIpc) is 2.83. The number of carbonyl (C=O) groups is 1. The Morgan fingerprint density at radius 1 is 1.11 bits per heavy atom. The van der Waals surface area contributed by atoms with Crippen molar-refractivity contribution >= 4 is 5.78 Å². The Balaban J connectivity index is 1.87. The molecule has 0 radical (unpaired) electrons. The van der Waals surface area contributed by atoms with Crippen LogP contribution in [0.3, 0.4) is 0 Å². The largest absolute Gasteiger partial charge is 0.393 e. The maximum atomic E-state index is 12.3. The van der Waals surface area contributed by atoms with Gasteiger partial charge < -0.3 is 25.5 Å². The van der Waals surface area contributed by atoms with Crippen molar-refractivity contribution in [1.29, 1.82) is 0 Å². The van der Waals surface area contributed by atoms with Gasteiger partial charge in [0, 0.05) is 5.92 Å². The van der Waals surface area contributed by atoms with Crippen molar-refractivity contribution in [2.45, 2.75) is 94.7 Å². The number of carbonyl (C=O) groups excluding carboxylic acids is 1. The summed E-state index contributed by atoms with van der Waals surface area (Å²) in [5.41, 5.74) is -6.07. The van der Waals surface area contributed by atoms with Crippen LogP contribution in [0.15, 0.2) is 11.6 Å². The van der Waals surface area contributed by atoms with Crippen LogP contribution in [-0.4, -0.2) is 60.3 Å². The van der Waals surface area contributed by atoms with E-state index in [0.29, 0.717) is 19.3 Å². The van der Waals surface area contributed by atoms with Crippen molar-refractivity contribution in [2.75, 3.05) is 0 Å². The first-order chi connectivity index (χ1) is 12.4. The van der Waals surface area contributed by atoms with Gasteiger partial charge in [0.1, 0.15) is 16.8 Å². The third-order valence-corrected chi connectivity index (χ3v) is 9.18. The fraction of sp³-hybridized carbons (Fsp3) is 0.857. The van der Waals surface area contributed by atoms with Crippen molar-refractivity contribution < 1.29 is 30.3 Å². The van der Waals surface area contributed by atoms with Crippen molar-refractivity contribution in [3.8, 4) is 0 Å². The molecule has 152 valence electrons. The van der Waals surface area contributed by atoms with Crippen LogP contribution in [0, 0.1) is 16.7 Å². The minimum absolute atomic E-state index is 0.0213. The molecule has 8 atom stereocenters. The molecule has 0 aromatic carbocycles. The van der Waals surface area contributed by atoms with E-state index in [9.17, 15) is 30.3 Å². The van der Waals surface area contributed by atoms with Gasteiger partial charge in [0.25, 0.3) is 0 Å². The molecule has 0 unspecified atom stereocenters. The number of hydrogen-bond acceptors (Lipinski definition) is 6. The van der Waals surface area contributed by atoms with Gasteiger partial charge in [0.15, 0.2) is 5.78 Å². The monoisotopic (exact) mass is 380 g/mol.